The Labute approximate surface area is 98.6 Å². The molecule has 88 valence electrons. The fourth-order valence-corrected chi connectivity index (χ4v) is 1.54. The monoisotopic (exact) mass is 231 g/mol. The normalized spacial score (nSPS) is 11.8. The fraction of sp³-hybridized carbons (Fsp3) is 0.273. The van der Waals surface area contributed by atoms with E-state index in [0.717, 1.165) is 12.0 Å². The molecule has 17 heavy (non-hydrogen) atoms. The molecule has 0 amide bonds. The zero-order valence-electron chi connectivity index (χ0n) is 9.70. The number of aryl methyl sites for hydroxylation is 2. The van der Waals surface area contributed by atoms with E-state index in [2.05, 4.69) is 27.6 Å². The van der Waals surface area contributed by atoms with Gasteiger partial charge in [0.25, 0.3) is 0 Å². The highest BCUT2D eigenvalue weighted by Gasteiger charge is 2.11. The van der Waals surface area contributed by atoms with Gasteiger partial charge in [-0.2, -0.15) is 4.68 Å². The zero-order valence-corrected chi connectivity index (χ0v) is 9.70. The second-order valence-corrected chi connectivity index (χ2v) is 3.61. The van der Waals surface area contributed by atoms with Crippen LogP contribution in [-0.2, 0) is 6.42 Å². The summed E-state index contributed by atoms with van der Waals surface area (Å²) < 4.78 is 1.39. The maximum atomic E-state index is 9.07. The van der Waals surface area contributed by atoms with E-state index in [9.17, 15) is 0 Å². The van der Waals surface area contributed by atoms with Gasteiger partial charge in [0.1, 0.15) is 0 Å². The molecule has 0 aliphatic carbocycles. The highest BCUT2D eigenvalue weighted by molar-refractivity contribution is 5.99. The van der Waals surface area contributed by atoms with Gasteiger partial charge in [-0.1, -0.05) is 36.3 Å². The molecule has 1 heterocycles. The van der Waals surface area contributed by atoms with Crippen LogP contribution in [-0.4, -0.2) is 31.3 Å². The molecular formula is C11H13N5O. The minimum atomic E-state index is 0.315. The molecule has 2 aromatic rings. The molecule has 1 aromatic heterocycles. The summed E-state index contributed by atoms with van der Waals surface area (Å²) in [7, 11) is 0. The first-order chi connectivity index (χ1) is 8.26. The number of hydrogen-bond donors (Lipinski definition) is 1. The van der Waals surface area contributed by atoms with Gasteiger partial charge in [-0.25, -0.2) is 0 Å². The van der Waals surface area contributed by atoms with Crippen LogP contribution in [0.2, 0.25) is 0 Å². The maximum Gasteiger partial charge on any atom is 0.203 e. The van der Waals surface area contributed by atoms with Crippen molar-refractivity contribution in [3.63, 3.8) is 0 Å². The van der Waals surface area contributed by atoms with E-state index < -0.39 is 0 Å². The van der Waals surface area contributed by atoms with E-state index in [1.807, 2.05) is 24.3 Å². The molecule has 1 N–H and O–H groups in total. The predicted molar refractivity (Wildman–Crippen MR) is 62.1 cm³/mol. The molecule has 0 saturated carbocycles. The third-order valence-electron chi connectivity index (χ3n) is 2.54. The molecular weight excluding hydrogens is 218 g/mol. The number of oxime groups is 1. The van der Waals surface area contributed by atoms with Gasteiger partial charge in [0.05, 0.1) is 0 Å². The lowest BCUT2D eigenvalue weighted by atomic mass is 10.1. The minimum absolute atomic E-state index is 0.315. The molecule has 0 radical (unpaired) electrons. The number of rotatable bonds is 2. The Morgan fingerprint density at radius 2 is 2.06 bits per heavy atom. The maximum absolute atomic E-state index is 9.07. The Morgan fingerprint density at radius 1 is 1.35 bits per heavy atom. The van der Waals surface area contributed by atoms with E-state index in [4.69, 9.17) is 5.21 Å². The molecule has 0 atom stereocenters. The largest absolute Gasteiger partial charge is 0.409 e. The first-order valence-electron chi connectivity index (χ1n) is 5.33. The summed E-state index contributed by atoms with van der Waals surface area (Å²) in [5, 5.41) is 23.4. The molecule has 0 saturated heterocycles. The summed E-state index contributed by atoms with van der Waals surface area (Å²) in [6, 6.07) is 7.74. The molecule has 0 spiro atoms. The Morgan fingerprint density at radius 3 is 2.53 bits per heavy atom. The van der Waals surface area contributed by atoms with Gasteiger partial charge in [0.15, 0.2) is 5.82 Å². The van der Waals surface area contributed by atoms with E-state index in [-0.39, 0.29) is 0 Å². The van der Waals surface area contributed by atoms with Crippen molar-refractivity contribution in [1.29, 1.82) is 0 Å². The van der Waals surface area contributed by atoms with Crippen LogP contribution in [0.15, 0.2) is 29.4 Å². The summed E-state index contributed by atoms with van der Waals surface area (Å²) in [5.41, 5.74) is 1.99. The summed E-state index contributed by atoms with van der Waals surface area (Å²) in [4.78, 5) is 0. The van der Waals surface area contributed by atoms with Crippen molar-refractivity contribution in [2.24, 2.45) is 5.16 Å². The Balaban J connectivity index is 2.40. The standard InChI is InChI=1S/C11H13N5O/c1-3-9-4-6-10(7-5-9)11(13-17)16-8(2)12-14-15-16/h4-7,17H,3H2,1-2H3/b13-11-. The molecule has 1 aromatic carbocycles. The first-order valence-corrected chi connectivity index (χ1v) is 5.33. The molecule has 0 fully saturated rings. The molecule has 0 aliphatic rings. The van der Waals surface area contributed by atoms with Crippen LogP contribution in [0.3, 0.4) is 0 Å². The van der Waals surface area contributed by atoms with Crippen molar-refractivity contribution in [2.45, 2.75) is 20.3 Å². The van der Waals surface area contributed by atoms with Crippen molar-refractivity contribution in [3.8, 4) is 0 Å². The lowest BCUT2D eigenvalue weighted by molar-refractivity contribution is 0.316. The average molecular weight is 231 g/mol. The van der Waals surface area contributed by atoms with E-state index in [1.54, 1.807) is 6.92 Å². The second-order valence-electron chi connectivity index (χ2n) is 3.61. The third-order valence-corrected chi connectivity index (χ3v) is 2.54. The van der Waals surface area contributed by atoms with Crippen LogP contribution in [0.1, 0.15) is 23.9 Å². The van der Waals surface area contributed by atoms with Gasteiger partial charge < -0.3 is 5.21 Å². The lowest BCUT2D eigenvalue weighted by Crippen LogP contribution is -2.17. The van der Waals surface area contributed by atoms with Crippen LogP contribution in [0.25, 0.3) is 0 Å². The Hall–Kier alpha value is -2.24. The molecule has 0 bridgehead atoms. The minimum Gasteiger partial charge on any atom is -0.409 e. The summed E-state index contributed by atoms with van der Waals surface area (Å²) in [6.45, 7) is 3.83. The number of aromatic nitrogens is 4. The van der Waals surface area contributed by atoms with Gasteiger partial charge >= 0.3 is 0 Å². The average Bonchev–Trinajstić information content (AvgIpc) is 2.78. The molecule has 6 heteroatoms. The Kier molecular flexibility index (Phi) is 3.13. The molecule has 6 nitrogen and oxygen atoms in total. The smallest absolute Gasteiger partial charge is 0.203 e. The van der Waals surface area contributed by atoms with Crippen molar-refractivity contribution >= 4 is 5.84 Å². The van der Waals surface area contributed by atoms with Crippen LogP contribution in [0.4, 0.5) is 0 Å². The topological polar surface area (TPSA) is 76.2 Å². The fourth-order valence-electron chi connectivity index (χ4n) is 1.54. The number of benzene rings is 1. The predicted octanol–water partition coefficient (Wildman–Crippen LogP) is 1.23. The van der Waals surface area contributed by atoms with E-state index >= 15 is 0 Å². The summed E-state index contributed by atoms with van der Waals surface area (Å²) in [6.07, 6.45) is 0.968. The Bertz CT molecular complexity index is 529. The van der Waals surface area contributed by atoms with E-state index in [0.29, 0.717) is 11.7 Å². The van der Waals surface area contributed by atoms with Crippen LogP contribution in [0, 0.1) is 6.92 Å². The first kappa shape index (κ1) is 11.3. The SMILES string of the molecule is CCc1ccc(/C(=N/O)n2nnnc2C)cc1. The third kappa shape index (κ3) is 2.15. The van der Waals surface area contributed by atoms with Gasteiger partial charge in [-0.05, 0) is 29.3 Å². The van der Waals surface area contributed by atoms with Crippen molar-refractivity contribution < 1.29 is 5.21 Å². The van der Waals surface area contributed by atoms with Gasteiger partial charge in [0.2, 0.25) is 5.84 Å². The van der Waals surface area contributed by atoms with Crippen molar-refractivity contribution in [2.75, 3.05) is 0 Å². The van der Waals surface area contributed by atoms with Crippen LogP contribution < -0.4 is 0 Å². The van der Waals surface area contributed by atoms with Gasteiger partial charge in [0, 0.05) is 5.56 Å². The number of hydrogen-bond acceptors (Lipinski definition) is 5. The quantitative estimate of drug-likeness (QED) is 0.365. The summed E-state index contributed by atoms with van der Waals surface area (Å²) >= 11 is 0. The summed E-state index contributed by atoms with van der Waals surface area (Å²) in [5.74, 6) is 0.882. The van der Waals surface area contributed by atoms with Crippen molar-refractivity contribution in [1.82, 2.24) is 20.2 Å². The highest BCUT2D eigenvalue weighted by atomic mass is 16.4. The second kappa shape index (κ2) is 4.73. The van der Waals surface area contributed by atoms with E-state index in [1.165, 1.54) is 10.2 Å². The zero-order chi connectivity index (χ0) is 12.3. The number of tetrazole rings is 1. The molecule has 0 unspecified atom stereocenters. The number of nitrogens with zero attached hydrogens (tertiary/aromatic N) is 5. The van der Waals surface area contributed by atoms with Crippen molar-refractivity contribution in [3.05, 3.63) is 41.2 Å². The molecule has 0 aliphatic heterocycles. The molecule has 2 rings (SSSR count). The van der Waals surface area contributed by atoms with Gasteiger partial charge in [-0.3, -0.25) is 0 Å². The highest BCUT2D eigenvalue weighted by Crippen LogP contribution is 2.08. The van der Waals surface area contributed by atoms with Gasteiger partial charge in [-0.15, -0.1) is 5.10 Å². The van der Waals surface area contributed by atoms with Crippen LogP contribution in [0.5, 0.6) is 0 Å². The lowest BCUT2D eigenvalue weighted by Gasteiger charge is -2.05. The van der Waals surface area contributed by atoms with Crippen LogP contribution >= 0.6 is 0 Å².